The van der Waals surface area contributed by atoms with Gasteiger partial charge in [-0.2, -0.15) is 0 Å². The first-order chi connectivity index (χ1) is 12.0. The first kappa shape index (κ1) is 19.3. The molecule has 0 radical (unpaired) electrons. The highest BCUT2D eigenvalue weighted by Gasteiger charge is 2.16. The molecule has 1 heterocycles. The molecule has 1 amide bonds. The molecule has 0 spiro atoms. The zero-order valence-electron chi connectivity index (χ0n) is 15.2. The van der Waals surface area contributed by atoms with Gasteiger partial charge in [0.25, 0.3) is 0 Å². The van der Waals surface area contributed by atoms with Crippen LogP contribution in [0.25, 0.3) is 0 Å². The number of ether oxygens (including phenoxy) is 2. The van der Waals surface area contributed by atoms with Crippen molar-refractivity contribution in [1.29, 1.82) is 0 Å². The minimum absolute atomic E-state index is 0.0465. The normalized spacial score (nSPS) is 12.0. The Morgan fingerprint density at radius 3 is 2.40 bits per heavy atom. The van der Waals surface area contributed by atoms with Gasteiger partial charge >= 0.3 is 0 Å². The minimum atomic E-state index is 0.0465. The van der Waals surface area contributed by atoms with E-state index in [9.17, 15) is 4.79 Å². The summed E-state index contributed by atoms with van der Waals surface area (Å²) in [5.41, 5.74) is 1.02. The van der Waals surface area contributed by atoms with Crippen LogP contribution in [0.2, 0.25) is 0 Å². The number of carbonyl (C=O) groups excluding carboxylic acids is 1. The Morgan fingerprint density at radius 2 is 1.88 bits per heavy atom. The Balaban J connectivity index is 1.88. The second-order valence-corrected chi connectivity index (χ2v) is 7.00. The number of methoxy groups -OCH3 is 2. The first-order valence-electron chi connectivity index (χ1n) is 8.22. The van der Waals surface area contributed by atoms with Crippen molar-refractivity contribution in [2.24, 2.45) is 0 Å². The standard InChI is InChI=1S/C19H26N2O3S/c1-21(2)17(18-6-5-9-25-18)13-20-19(22)8-7-14-10-15(23-3)12-16(11-14)24-4/h5-6,9-12,17H,7-8,13H2,1-4H3,(H,20,22). The third-order valence-electron chi connectivity index (χ3n) is 4.04. The summed E-state index contributed by atoms with van der Waals surface area (Å²) in [5, 5.41) is 5.10. The molecule has 0 aliphatic heterocycles. The van der Waals surface area contributed by atoms with Gasteiger partial charge in [-0.15, -0.1) is 11.3 Å². The van der Waals surface area contributed by atoms with Gasteiger partial charge in [0.15, 0.2) is 0 Å². The highest BCUT2D eigenvalue weighted by atomic mass is 32.1. The molecule has 1 N–H and O–H groups in total. The lowest BCUT2D eigenvalue weighted by molar-refractivity contribution is -0.121. The van der Waals surface area contributed by atoms with Gasteiger partial charge in [-0.25, -0.2) is 0 Å². The molecule has 5 nitrogen and oxygen atoms in total. The summed E-state index contributed by atoms with van der Waals surface area (Å²) < 4.78 is 10.5. The number of likely N-dealkylation sites (N-methyl/N-ethyl adjacent to an activating group) is 1. The summed E-state index contributed by atoms with van der Waals surface area (Å²) in [7, 11) is 7.30. The van der Waals surface area contributed by atoms with Crippen LogP contribution in [-0.2, 0) is 11.2 Å². The highest BCUT2D eigenvalue weighted by molar-refractivity contribution is 7.10. The fraction of sp³-hybridized carbons (Fsp3) is 0.421. The van der Waals surface area contributed by atoms with E-state index in [-0.39, 0.29) is 11.9 Å². The molecule has 25 heavy (non-hydrogen) atoms. The summed E-state index contributed by atoms with van der Waals surface area (Å²) in [6.07, 6.45) is 1.08. The Bertz CT molecular complexity index is 649. The molecule has 2 aromatic rings. The van der Waals surface area contributed by atoms with Crippen molar-refractivity contribution in [3.05, 3.63) is 46.2 Å². The Hall–Kier alpha value is -2.05. The van der Waals surface area contributed by atoms with Crippen LogP contribution in [-0.4, -0.2) is 45.7 Å². The van der Waals surface area contributed by atoms with Crippen molar-refractivity contribution >= 4 is 17.2 Å². The highest BCUT2D eigenvalue weighted by Crippen LogP contribution is 2.24. The maximum Gasteiger partial charge on any atom is 0.220 e. The van der Waals surface area contributed by atoms with E-state index in [1.165, 1.54) is 4.88 Å². The van der Waals surface area contributed by atoms with Crippen molar-refractivity contribution in [3.63, 3.8) is 0 Å². The topological polar surface area (TPSA) is 50.8 Å². The summed E-state index contributed by atoms with van der Waals surface area (Å²) >= 11 is 1.71. The van der Waals surface area contributed by atoms with Gasteiger partial charge in [0, 0.05) is 23.9 Å². The van der Waals surface area contributed by atoms with Gasteiger partial charge in [0.2, 0.25) is 5.91 Å². The van der Waals surface area contributed by atoms with E-state index in [2.05, 4.69) is 21.7 Å². The van der Waals surface area contributed by atoms with Crippen LogP contribution < -0.4 is 14.8 Å². The molecule has 0 aliphatic carbocycles. The van der Waals surface area contributed by atoms with Crippen LogP contribution in [0.5, 0.6) is 11.5 Å². The van der Waals surface area contributed by atoms with Gasteiger partial charge in [-0.05, 0) is 49.7 Å². The van der Waals surface area contributed by atoms with E-state index >= 15 is 0 Å². The van der Waals surface area contributed by atoms with Gasteiger partial charge in [-0.1, -0.05) is 6.07 Å². The van der Waals surface area contributed by atoms with Crippen molar-refractivity contribution in [3.8, 4) is 11.5 Å². The molecular weight excluding hydrogens is 336 g/mol. The van der Waals surface area contributed by atoms with Crippen LogP contribution in [0.4, 0.5) is 0 Å². The quantitative estimate of drug-likeness (QED) is 0.745. The molecule has 136 valence electrons. The van der Waals surface area contributed by atoms with E-state index in [0.29, 0.717) is 19.4 Å². The maximum atomic E-state index is 12.2. The van der Waals surface area contributed by atoms with E-state index in [4.69, 9.17) is 9.47 Å². The third kappa shape index (κ3) is 5.76. The van der Waals surface area contributed by atoms with Crippen molar-refractivity contribution in [2.75, 3.05) is 34.9 Å². The Kier molecular flexibility index (Phi) is 7.28. The van der Waals surface area contributed by atoms with Gasteiger partial charge < -0.3 is 19.7 Å². The number of amides is 1. The number of benzene rings is 1. The maximum absolute atomic E-state index is 12.2. The number of thiophene rings is 1. The molecule has 1 atom stereocenters. The SMILES string of the molecule is COc1cc(CCC(=O)NCC(c2cccs2)N(C)C)cc(OC)c1. The van der Waals surface area contributed by atoms with Gasteiger partial charge in [0.05, 0.1) is 20.3 Å². The Labute approximate surface area is 153 Å². The lowest BCUT2D eigenvalue weighted by Gasteiger charge is -2.23. The van der Waals surface area contributed by atoms with Gasteiger partial charge in [-0.3, -0.25) is 4.79 Å². The smallest absolute Gasteiger partial charge is 0.220 e. The first-order valence-corrected chi connectivity index (χ1v) is 9.10. The summed E-state index contributed by atoms with van der Waals surface area (Å²) in [5.74, 6) is 1.52. The fourth-order valence-corrected chi connectivity index (χ4v) is 3.51. The van der Waals surface area contributed by atoms with E-state index in [1.54, 1.807) is 25.6 Å². The van der Waals surface area contributed by atoms with Crippen LogP contribution in [0.3, 0.4) is 0 Å². The zero-order chi connectivity index (χ0) is 18.2. The molecule has 0 saturated heterocycles. The minimum Gasteiger partial charge on any atom is -0.497 e. The number of aryl methyl sites for hydroxylation is 1. The molecule has 0 bridgehead atoms. The monoisotopic (exact) mass is 362 g/mol. The van der Waals surface area contributed by atoms with Crippen molar-refractivity contribution < 1.29 is 14.3 Å². The largest absolute Gasteiger partial charge is 0.497 e. The molecule has 2 rings (SSSR count). The molecule has 1 aromatic heterocycles. The van der Waals surface area contributed by atoms with Crippen LogP contribution in [0.15, 0.2) is 35.7 Å². The number of nitrogens with zero attached hydrogens (tertiary/aromatic N) is 1. The predicted molar refractivity (Wildman–Crippen MR) is 102 cm³/mol. The summed E-state index contributed by atoms with van der Waals surface area (Å²) in [6, 6.07) is 10.0. The second-order valence-electron chi connectivity index (χ2n) is 6.02. The molecule has 1 aromatic carbocycles. The average molecular weight is 362 g/mol. The lowest BCUT2D eigenvalue weighted by atomic mass is 10.1. The lowest BCUT2D eigenvalue weighted by Crippen LogP contribution is -2.34. The number of hydrogen-bond acceptors (Lipinski definition) is 5. The molecule has 6 heteroatoms. The zero-order valence-corrected chi connectivity index (χ0v) is 16.1. The molecule has 0 saturated carbocycles. The molecule has 1 unspecified atom stereocenters. The summed E-state index contributed by atoms with van der Waals surface area (Å²) in [4.78, 5) is 15.6. The molecular formula is C19H26N2O3S. The van der Waals surface area contributed by atoms with E-state index in [0.717, 1.165) is 17.1 Å². The van der Waals surface area contributed by atoms with Gasteiger partial charge in [0.1, 0.15) is 11.5 Å². The molecule has 0 fully saturated rings. The van der Waals surface area contributed by atoms with E-state index in [1.807, 2.05) is 38.4 Å². The number of hydrogen-bond donors (Lipinski definition) is 1. The van der Waals surface area contributed by atoms with Crippen molar-refractivity contribution in [2.45, 2.75) is 18.9 Å². The average Bonchev–Trinajstić information content (AvgIpc) is 3.13. The fourth-order valence-electron chi connectivity index (χ4n) is 2.59. The van der Waals surface area contributed by atoms with Crippen molar-refractivity contribution in [1.82, 2.24) is 10.2 Å². The second kappa shape index (κ2) is 9.44. The number of rotatable bonds is 9. The number of nitrogens with one attached hydrogen (secondary N) is 1. The van der Waals surface area contributed by atoms with Crippen LogP contribution >= 0.6 is 11.3 Å². The van der Waals surface area contributed by atoms with Crippen LogP contribution in [0.1, 0.15) is 22.9 Å². The predicted octanol–water partition coefficient (Wildman–Crippen LogP) is 3.12. The molecule has 0 aliphatic rings. The Morgan fingerprint density at radius 1 is 1.20 bits per heavy atom. The third-order valence-corrected chi connectivity index (χ3v) is 5.01. The van der Waals surface area contributed by atoms with Crippen LogP contribution in [0, 0.1) is 0 Å². The summed E-state index contributed by atoms with van der Waals surface area (Å²) in [6.45, 7) is 0.605. The van der Waals surface area contributed by atoms with E-state index < -0.39 is 0 Å². The number of carbonyl (C=O) groups is 1.